The van der Waals surface area contributed by atoms with Gasteiger partial charge in [0.25, 0.3) is 0 Å². The zero-order valence-corrected chi connectivity index (χ0v) is 94.3. The number of rotatable bonds is 38. The van der Waals surface area contributed by atoms with Crippen molar-refractivity contribution in [1.82, 2.24) is 0 Å². The minimum Gasteiger partial charge on any atom is -0.184 e. The average Bonchev–Trinajstić information content (AvgIpc) is 1.55. The van der Waals surface area contributed by atoms with Crippen LogP contribution in [0.2, 0.25) is 13.3 Å². The summed E-state index contributed by atoms with van der Waals surface area (Å²) in [5.41, 5.74) is 14.9. The Kier molecular flexibility index (Phi) is 60.9. The van der Waals surface area contributed by atoms with Gasteiger partial charge in [-0.15, -0.1) is 45.3 Å². The SMILES string of the molecule is CCCCCCCCCCCCc1c(-c2ccc(Br)s2)sc2c1C(=O)c1c-2sc(-c2ccc(Br)s2)c1CCCCCCCCCCCC.CCC[CH2][Sn]([CH2]CCC)([CH2]CCC)[c]1cccs1.[Pd].[c-]1ccccc1.[c-]1ccccc1.[c-]1ccccc1.[c-]1ccccc1.c1ccc(-c2ccccc2)cc1.c1ccc(-c2ccccc2)cc1.c1ccc(-c2ccccc2)cc1.c1ccc(-c2ccccc2)cc1. The van der Waals surface area contributed by atoms with Crippen molar-refractivity contribution in [3.63, 3.8) is 0 Å². The molecule has 0 N–H and O–H groups in total. The van der Waals surface area contributed by atoms with Crippen molar-refractivity contribution in [2.75, 3.05) is 0 Å². The molecule has 0 atom stereocenters. The van der Waals surface area contributed by atoms with Gasteiger partial charge in [-0.1, -0.05) is 372 Å². The third-order valence-electron chi connectivity index (χ3n) is 23.9. The number of hydrogen-bond donors (Lipinski definition) is 0. The van der Waals surface area contributed by atoms with Crippen LogP contribution in [0.4, 0.5) is 0 Å². The van der Waals surface area contributed by atoms with Crippen molar-refractivity contribution in [3.05, 3.63) is 460 Å². The molecule has 18 rings (SSSR count). The van der Waals surface area contributed by atoms with Gasteiger partial charge in [0.05, 0.1) is 17.3 Å². The second-order valence-electron chi connectivity index (χ2n) is 34.4. The van der Waals surface area contributed by atoms with Crippen LogP contribution >= 0.6 is 88.5 Å². The van der Waals surface area contributed by atoms with Crippen LogP contribution in [0.3, 0.4) is 0 Å². The van der Waals surface area contributed by atoms with Crippen molar-refractivity contribution in [3.8, 4) is 73.8 Å². The quantitative estimate of drug-likeness (QED) is 0.0214. The van der Waals surface area contributed by atoms with Crippen molar-refractivity contribution in [2.24, 2.45) is 0 Å². The number of benzene rings is 12. The molecule has 0 saturated carbocycles. The first-order chi connectivity index (χ1) is 68.2. The topological polar surface area (TPSA) is 17.1 Å². The molecular weight excluding hydrogens is 2110 g/mol. The van der Waals surface area contributed by atoms with Gasteiger partial charge in [-0.2, -0.15) is 146 Å². The maximum absolute atomic E-state index is 14.6. The Morgan fingerprint density at radius 3 is 0.647 bits per heavy atom. The molecule has 0 fully saturated rings. The normalized spacial score (nSPS) is 10.5. The van der Waals surface area contributed by atoms with Crippen LogP contribution in [0.25, 0.3) is 73.8 Å². The Balaban J connectivity index is 0.000000213. The summed E-state index contributed by atoms with van der Waals surface area (Å²) >= 11 is 14.8. The Morgan fingerprint density at radius 1 is 0.237 bits per heavy atom. The van der Waals surface area contributed by atoms with E-state index in [1.807, 2.05) is 195 Å². The van der Waals surface area contributed by atoms with Crippen molar-refractivity contribution >= 4 is 116 Å². The maximum atomic E-state index is 14.6. The molecule has 139 heavy (non-hydrogen) atoms. The van der Waals surface area contributed by atoms with Gasteiger partial charge >= 0.3 is 123 Å². The second-order valence-corrected chi connectivity index (χ2v) is 56.5. The molecule has 0 aliphatic heterocycles. The van der Waals surface area contributed by atoms with Crippen LogP contribution in [-0.4, -0.2) is 24.2 Å². The molecule has 1 aliphatic rings. The van der Waals surface area contributed by atoms with Crippen LogP contribution < -0.4 is 2.89 Å². The predicted octanol–water partition coefficient (Wildman–Crippen LogP) is 42.1. The van der Waals surface area contributed by atoms with Crippen LogP contribution in [-0.2, 0) is 33.3 Å². The van der Waals surface area contributed by atoms with E-state index in [-0.39, 0.29) is 20.4 Å². The molecule has 0 saturated heterocycles. The number of carbonyl (C=O) groups is 1. The molecule has 0 bridgehead atoms. The van der Waals surface area contributed by atoms with E-state index in [0.717, 1.165) is 31.5 Å². The summed E-state index contributed by atoms with van der Waals surface area (Å²) in [7, 11) is 0. The van der Waals surface area contributed by atoms with Crippen LogP contribution in [0.5, 0.6) is 0 Å². The minimum absolute atomic E-state index is 0. The standard InChI is InChI=1S/C41H54Br2OS4.4C12H10.4C6H5.C4H3S.3C4H9.Pd.Sn/c1-3-5-7-9-11-13-15-17-19-21-23-29-35-37(44)36-30(24-22-20-18-16-14-12-10-8-6-4-2)39(32-26-28-34(43)46-32)48-41(36)40(35)47-38(29)31-25-27-33(42)45-31;4*1-3-7-11(8-4-1)12-9-5-2-6-10-12;4*1-2-4-6-5-3-1;1-2-4-5-3-1;3*1-3-4-2;;/h25-28H,3-24H2,1-2H3;4*1-10H;4*1-5H;1-3H;3*1,3-4H2,2H3;;/q;;;;;4*-1;;;;;;. The molecule has 0 amide bonds. The van der Waals surface area contributed by atoms with Gasteiger partial charge in [0.15, 0.2) is 5.78 Å². The number of unbranched alkanes of at least 4 members (excludes halogenated alkanes) is 21. The zero-order chi connectivity index (χ0) is 96.9. The monoisotopic (exact) mass is 2250 g/mol. The summed E-state index contributed by atoms with van der Waals surface area (Å²) in [5, 5.41) is 2.31. The summed E-state index contributed by atoms with van der Waals surface area (Å²) < 4.78 is 8.98. The van der Waals surface area contributed by atoms with Crippen molar-refractivity contribution < 1.29 is 25.2 Å². The van der Waals surface area contributed by atoms with Crippen LogP contribution in [0, 0.1) is 24.3 Å². The first-order valence-corrected chi connectivity index (χ1v) is 63.9. The van der Waals surface area contributed by atoms with Gasteiger partial charge in [-0.3, -0.25) is 4.79 Å². The molecule has 0 unspecified atom stereocenters. The largest absolute Gasteiger partial charge is 0.184 e. The second kappa shape index (κ2) is 73.3. The zero-order valence-electron chi connectivity index (χ0n) is 82.6. The maximum Gasteiger partial charge on any atom is 0 e. The molecular formula is C129H144Br2OPdS5Sn-4. The van der Waals surface area contributed by atoms with Crippen molar-refractivity contribution in [1.29, 1.82) is 0 Å². The van der Waals surface area contributed by atoms with E-state index < -0.39 is 18.4 Å². The molecule has 0 radical (unpaired) electrons. The van der Waals surface area contributed by atoms with Gasteiger partial charge in [0, 0.05) is 51.1 Å². The molecule has 1 nitrogen and oxygen atoms in total. The number of halogens is 2. The molecule has 0 spiro atoms. The molecule has 5 aromatic heterocycles. The fourth-order valence-electron chi connectivity index (χ4n) is 16.5. The number of carbonyl (C=O) groups excluding carboxylic acids is 1. The summed E-state index contributed by atoms with van der Waals surface area (Å²) in [6, 6.07) is 147. The first kappa shape index (κ1) is 115. The summed E-state index contributed by atoms with van der Waals surface area (Å²) in [6.45, 7) is 11.6. The fourth-order valence-corrected chi connectivity index (χ4v) is 42.2. The molecule has 5 heterocycles. The number of fused-ring (bicyclic) bond motifs is 3. The Bertz CT molecular complexity index is 4950. The van der Waals surface area contributed by atoms with E-state index in [1.165, 1.54) is 252 Å². The van der Waals surface area contributed by atoms with E-state index in [2.05, 4.69) is 338 Å². The Morgan fingerprint density at radius 2 is 0.460 bits per heavy atom. The van der Waals surface area contributed by atoms with Crippen LogP contribution in [0.15, 0.2) is 413 Å². The summed E-state index contributed by atoms with van der Waals surface area (Å²) in [4.78, 5) is 22.3. The van der Waals surface area contributed by atoms with E-state index in [9.17, 15) is 4.79 Å². The first-order valence-electron chi connectivity index (χ1n) is 50.7. The third-order valence-corrected chi connectivity index (χ3v) is 49.4. The van der Waals surface area contributed by atoms with E-state index in [1.54, 1.807) is 36.0 Å². The molecule has 10 heteroatoms. The van der Waals surface area contributed by atoms with E-state index in [0.29, 0.717) is 5.78 Å². The minimum atomic E-state index is -2.01. The Labute approximate surface area is 892 Å². The summed E-state index contributed by atoms with van der Waals surface area (Å²) in [6.07, 6.45) is 37.2. The van der Waals surface area contributed by atoms with Gasteiger partial charge < -0.3 is 0 Å². The Hall–Kier alpha value is -8.77. The average molecular weight is 2260 g/mol. The number of hydrogen-bond acceptors (Lipinski definition) is 6. The smallest absolute Gasteiger partial charge is 0 e. The van der Waals surface area contributed by atoms with Gasteiger partial charge in [0.1, 0.15) is 0 Å². The van der Waals surface area contributed by atoms with Gasteiger partial charge in [-0.05, 0) is 137 Å². The summed E-state index contributed by atoms with van der Waals surface area (Å²) in [5.74, 6) is 0.306. The predicted molar refractivity (Wildman–Crippen MR) is 622 cm³/mol. The molecule has 17 aromatic rings. The van der Waals surface area contributed by atoms with E-state index >= 15 is 0 Å². The number of thiophene rings is 5. The van der Waals surface area contributed by atoms with Crippen LogP contribution in [0.1, 0.15) is 229 Å². The van der Waals surface area contributed by atoms with Gasteiger partial charge in [0.2, 0.25) is 0 Å². The van der Waals surface area contributed by atoms with E-state index in [4.69, 9.17) is 0 Å². The van der Waals surface area contributed by atoms with Crippen molar-refractivity contribution in [2.45, 2.75) is 228 Å². The molecule has 12 aromatic carbocycles. The molecule has 1 aliphatic carbocycles. The number of ketones is 1. The molecule has 728 valence electrons. The third kappa shape index (κ3) is 44.3. The van der Waals surface area contributed by atoms with Gasteiger partial charge in [-0.25, -0.2) is 0 Å². The fraction of sp³-hybridized carbons (Fsp3) is 0.279.